The second kappa shape index (κ2) is 4.84. The number of phenolic OH excluding ortho intramolecular Hbond substituents is 1. The summed E-state index contributed by atoms with van der Waals surface area (Å²) in [4.78, 5) is 0. The average Bonchev–Trinajstić information content (AvgIpc) is 2.66. The van der Waals surface area contributed by atoms with Crippen LogP contribution >= 0.6 is 11.6 Å². The Morgan fingerprint density at radius 2 is 1.80 bits per heavy atom. The number of halogens is 1. The third-order valence-corrected chi connectivity index (χ3v) is 4.17. The zero-order chi connectivity index (χ0) is 15.3. The second-order valence-electron chi connectivity index (χ2n) is 7.72. The lowest BCUT2D eigenvalue weighted by Crippen LogP contribution is -2.19. The van der Waals surface area contributed by atoms with Gasteiger partial charge in [0.25, 0.3) is 0 Å². The van der Waals surface area contributed by atoms with Crippen LogP contribution in [0.4, 0.5) is 0 Å². The number of hydrogen-bond acceptors (Lipinski definition) is 2. The molecule has 1 aromatic carbocycles. The Labute approximate surface area is 127 Å². The molecule has 0 saturated heterocycles. The first-order valence-corrected chi connectivity index (χ1v) is 7.71. The molecule has 2 rings (SSSR count). The minimum absolute atomic E-state index is 0.0161. The van der Waals surface area contributed by atoms with Crippen molar-refractivity contribution < 1.29 is 9.84 Å². The van der Waals surface area contributed by atoms with E-state index in [0.29, 0.717) is 11.6 Å². The maximum absolute atomic E-state index is 10.8. The molecule has 0 spiro atoms. The van der Waals surface area contributed by atoms with Gasteiger partial charge in [-0.15, -0.1) is 11.6 Å². The van der Waals surface area contributed by atoms with Crippen molar-refractivity contribution in [3.63, 3.8) is 0 Å². The van der Waals surface area contributed by atoms with Gasteiger partial charge in [-0.2, -0.15) is 0 Å². The minimum atomic E-state index is -0.125. The van der Waals surface area contributed by atoms with Crippen LogP contribution in [0.2, 0.25) is 0 Å². The van der Waals surface area contributed by atoms with Crippen LogP contribution in [0.15, 0.2) is 6.07 Å². The van der Waals surface area contributed by atoms with Crippen LogP contribution in [0.25, 0.3) is 0 Å². The van der Waals surface area contributed by atoms with Crippen molar-refractivity contribution in [3.05, 3.63) is 22.8 Å². The lowest BCUT2D eigenvalue weighted by molar-refractivity contribution is 0.257. The molecule has 1 heterocycles. The van der Waals surface area contributed by atoms with Crippen LogP contribution in [0.3, 0.4) is 0 Å². The van der Waals surface area contributed by atoms with Crippen molar-refractivity contribution in [3.8, 4) is 11.5 Å². The van der Waals surface area contributed by atoms with E-state index >= 15 is 0 Å². The number of phenols is 1. The summed E-state index contributed by atoms with van der Waals surface area (Å²) in [6.45, 7) is 12.7. The SMILES string of the molecule is CC(C)(C)c1cc2c(c(C(C)(C)C)c1O)CC(CCl)O2. The second-order valence-corrected chi connectivity index (χ2v) is 8.03. The minimum Gasteiger partial charge on any atom is -0.507 e. The predicted molar refractivity (Wildman–Crippen MR) is 84.3 cm³/mol. The summed E-state index contributed by atoms with van der Waals surface area (Å²) in [6, 6.07) is 1.99. The van der Waals surface area contributed by atoms with Gasteiger partial charge in [-0.3, -0.25) is 0 Å². The number of aromatic hydroxyl groups is 1. The summed E-state index contributed by atoms with van der Waals surface area (Å²) in [5.74, 6) is 1.79. The monoisotopic (exact) mass is 296 g/mol. The Bertz CT molecular complexity index is 521. The molecule has 2 nitrogen and oxygen atoms in total. The van der Waals surface area contributed by atoms with Gasteiger partial charge in [-0.25, -0.2) is 0 Å². The highest BCUT2D eigenvalue weighted by Gasteiger charge is 2.35. The Morgan fingerprint density at radius 1 is 1.20 bits per heavy atom. The van der Waals surface area contributed by atoms with Crippen LogP contribution in [0.1, 0.15) is 58.2 Å². The van der Waals surface area contributed by atoms with E-state index in [4.69, 9.17) is 16.3 Å². The molecule has 20 heavy (non-hydrogen) atoms. The third kappa shape index (κ3) is 2.63. The molecule has 0 saturated carbocycles. The van der Waals surface area contributed by atoms with Gasteiger partial charge in [0.2, 0.25) is 0 Å². The molecule has 0 aromatic heterocycles. The van der Waals surface area contributed by atoms with Gasteiger partial charge in [0.05, 0.1) is 5.88 Å². The summed E-state index contributed by atoms with van der Waals surface area (Å²) >= 11 is 5.95. The topological polar surface area (TPSA) is 29.5 Å². The van der Waals surface area contributed by atoms with Crippen molar-refractivity contribution >= 4 is 11.6 Å². The number of rotatable bonds is 1. The third-order valence-electron chi connectivity index (χ3n) is 3.82. The van der Waals surface area contributed by atoms with Gasteiger partial charge in [0.15, 0.2) is 0 Å². The van der Waals surface area contributed by atoms with Gasteiger partial charge in [-0.05, 0) is 16.9 Å². The number of fused-ring (bicyclic) bond motifs is 1. The van der Waals surface area contributed by atoms with Crippen LogP contribution in [-0.2, 0) is 17.3 Å². The van der Waals surface area contributed by atoms with Crippen LogP contribution in [0.5, 0.6) is 11.5 Å². The molecule has 0 radical (unpaired) electrons. The van der Waals surface area contributed by atoms with Crippen molar-refractivity contribution in [2.75, 3.05) is 5.88 Å². The first-order chi connectivity index (χ1) is 9.05. The molecule has 1 aromatic rings. The Balaban J connectivity index is 2.70. The Morgan fingerprint density at radius 3 is 2.25 bits per heavy atom. The zero-order valence-electron chi connectivity index (χ0n) is 13.3. The lowest BCUT2D eigenvalue weighted by atomic mass is 9.76. The van der Waals surface area contributed by atoms with E-state index in [2.05, 4.69) is 41.5 Å². The zero-order valence-corrected chi connectivity index (χ0v) is 14.1. The quantitative estimate of drug-likeness (QED) is 0.772. The largest absolute Gasteiger partial charge is 0.507 e. The van der Waals surface area contributed by atoms with Gasteiger partial charge >= 0.3 is 0 Å². The van der Waals surface area contributed by atoms with Gasteiger partial charge in [0.1, 0.15) is 17.6 Å². The molecular weight excluding hydrogens is 272 g/mol. The average molecular weight is 297 g/mol. The smallest absolute Gasteiger partial charge is 0.123 e. The Hall–Kier alpha value is -0.890. The van der Waals surface area contributed by atoms with Crippen molar-refractivity contribution in [1.29, 1.82) is 0 Å². The summed E-state index contributed by atoms with van der Waals surface area (Å²) < 4.78 is 5.94. The molecule has 112 valence electrons. The van der Waals surface area contributed by atoms with E-state index in [1.165, 1.54) is 0 Å². The molecule has 1 atom stereocenters. The van der Waals surface area contributed by atoms with Gasteiger partial charge in [0, 0.05) is 23.1 Å². The summed E-state index contributed by atoms with van der Waals surface area (Å²) in [5, 5.41) is 10.8. The maximum Gasteiger partial charge on any atom is 0.123 e. The van der Waals surface area contributed by atoms with Crippen LogP contribution < -0.4 is 4.74 Å². The van der Waals surface area contributed by atoms with Crippen LogP contribution in [-0.4, -0.2) is 17.1 Å². The van der Waals surface area contributed by atoms with E-state index in [-0.39, 0.29) is 16.9 Å². The van der Waals surface area contributed by atoms with Crippen molar-refractivity contribution in [2.45, 2.75) is 64.9 Å². The summed E-state index contributed by atoms with van der Waals surface area (Å²) in [6.07, 6.45) is 0.797. The van der Waals surface area contributed by atoms with Crippen molar-refractivity contribution in [1.82, 2.24) is 0 Å². The lowest BCUT2D eigenvalue weighted by Gasteiger charge is -2.29. The molecule has 0 bridgehead atoms. The molecule has 1 unspecified atom stereocenters. The van der Waals surface area contributed by atoms with E-state index in [1.807, 2.05) is 6.07 Å². The maximum atomic E-state index is 10.8. The highest BCUT2D eigenvalue weighted by Crippen LogP contribution is 2.47. The summed E-state index contributed by atoms with van der Waals surface area (Å²) in [5.41, 5.74) is 2.82. The molecule has 1 aliphatic rings. The molecule has 1 aliphatic heterocycles. The normalized spacial score (nSPS) is 18.9. The number of alkyl halides is 1. The first-order valence-electron chi connectivity index (χ1n) is 7.18. The predicted octanol–water partition coefficient (Wildman–Crippen LogP) is 4.53. The number of ether oxygens (including phenoxy) is 1. The molecule has 0 amide bonds. The number of benzene rings is 1. The van der Waals surface area contributed by atoms with Crippen LogP contribution in [0, 0.1) is 0 Å². The molecule has 0 fully saturated rings. The highest BCUT2D eigenvalue weighted by molar-refractivity contribution is 6.18. The van der Waals surface area contributed by atoms with Gasteiger partial charge in [-0.1, -0.05) is 41.5 Å². The fourth-order valence-corrected chi connectivity index (χ4v) is 3.08. The number of hydrogen-bond donors (Lipinski definition) is 1. The van der Waals surface area contributed by atoms with E-state index in [9.17, 15) is 5.11 Å². The van der Waals surface area contributed by atoms with Gasteiger partial charge < -0.3 is 9.84 Å². The highest BCUT2D eigenvalue weighted by atomic mass is 35.5. The molecule has 3 heteroatoms. The summed E-state index contributed by atoms with van der Waals surface area (Å²) in [7, 11) is 0. The van der Waals surface area contributed by atoms with E-state index < -0.39 is 0 Å². The first kappa shape index (κ1) is 15.5. The van der Waals surface area contributed by atoms with E-state index in [1.54, 1.807) is 0 Å². The van der Waals surface area contributed by atoms with E-state index in [0.717, 1.165) is 28.9 Å². The fourth-order valence-electron chi connectivity index (χ4n) is 2.91. The molecule has 0 aliphatic carbocycles. The molecule has 1 N–H and O–H groups in total. The standard InChI is InChI=1S/C17H25ClO2/c1-16(2,3)12-8-13-11(7-10(9-18)20-13)14(15(12)19)17(4,5)6/h8,10,19H,7,9H2,1-6H3. The fraction of sp³-hybridized carbons (Fsp3) is 0.647. The Kier molecular flexibility index (Phi) is 3.75. The molecular formula is C17H25ClO2. The van der Waals surface area contributed by atoms with Crippen molar-refractivity contribution in [2.24, 2.45) is 0 Å².